The van der Waals surface area contributed by atoms with Crippen LogP contribution in [-0.2, 0) is 9.47 Å². The van der Waals surface area contributed by atoms with Crippen LogP contribution in [-0.4, -0.2) is 79.2 Å². The van der Waals surface area contributed by atoms with Gasteiger partial charge in [0.15, 0.2) is 0 Å². The number of rotatable bonds is 4. The number of imide groups is 1. The number of aliphatic hydroxyl groups is 2. The van der Waals surface area contributed by atoms with E-state index in [9.17, 15) is 29.4 Å². The van der Waals surface area contributed by atoms with Crippen LogP contribution in [0.3, 0.4) is 0 Å². The van der Waals surface area contributed by atoms with E-state index in [0.717, 1.165) is 28.4 Å². The average molecular weight is 452 g/mol. The molecule has 30 heavy (non-hydrogen) atoms. The highest BCUT2D eigenvalue weighted by molar-refractivity contribution is 8.13. The molecule has 158 valence electrons. The van der Waals surface area contributed by atoms with Crippen LogP contribution in [0.4, 0.5) is 9.59 Å². The molecule has 0 aliphatic carbocycles. The molecule has 5 rings (SSSR count). The summed E-state index contributed by atoms with van der Waals surface area (Å²) in [7, 11) is 0. The van der Waals surface area contributed by atoms with E-state index in [1.165, 1.54) is 17.0 Å². The Morgan fingerprint density at radius 1 is 0.833 bits per heavy atom. The lowest BCUT2D eigenvalue weighted by Crippen LogP contribution is -2.37. The minimum atomic E-state index is -1.21. The summed E-state index contributed by atoms with van der Waals surface area (Å²) in [6, 6.07) is 2.84. The van der Waals surface area contributed by atoms with Crippen molar-refractivity contribution in [2.75, 3.05) is 24.6 Å². The van der Waals surface area contributed by atoms with Gasteiger partial charge in [-0.3, -0.25) is 14.5 Å². The SMILES string of the molecule is O=C1OC(CN2C(=O)c3cc4c(cc3C2=O)C(O)N(CC2CSC(=O)O2)C4O)CS1. The van der Waals surface area contributed by atoms with Gasteiger partial charge in [0.1, 0.15) is 24.7 Å². The third-order valence-corrected chi connectivity index (χ3v) is 7.20. The van der Waals surface area contributed by atoms with E-state index in [1.54, 1.807) is 0 Å². The largest absolute Gasteiger partial charge is 0.452 e. The third-order valence-electron chi connectivity index (χ3n) is 5.46. The highest BCUT2D eigenvalue weighted by atomic mass is 32.2. The monoisotopic (exact) mass is 452 g/mol. The van der Waals surface area contributed by atoms with Crippen LogP contribution >= 0.6 is 23.5 Å². The van der Waals surface area contributed by atoms with Crippen molar-refractivity contribution >= 4 is 45.9 Å². The van der Waals surface area contributed by atoms with Gasteiger partial charge in [0, 0.05) is 29.2 Å². The molecule has 2 saturated heterocycles. The van der Waals surface area contributed by atoms with Crippen LogP contribution < -0.4 is 0 Å². The molecule has 4 atom stereocenters. The fraction of sp³-hybridized carbons (Fsp3) is 0.444. The van der Waals surface area contributed by atoms with Gasteiger partial charge < -0.3 is 19.7 Å². The molecular weight excluding hydrogens is 436 g/mol. The van der Waals surface area contributed by atoms with Crippen LogP contribution in [0.1, 0.15) is 44.3 Å². The first-order valence-corrected chi connectivity index (χ1v) is 11.1. The molecule has 10 nitrogen and oxygen atoms in total. The Hall–Kier alpha value is -2.12. The summed E-state index contributed by atoms with van der Waals surface area (Å²) in [5.41, 5.74) is 0.909. The number of cyclic esters (lactones) is 2. The van der Waals surface area contributed by atoms with Gasteiger partial charge in [-0.05, 0) is 35.7 Å². The molecule has 0 spiro atoms. The van der Waals surface area contributed by atoms with Gasteiger partial charge in [-0.1, -0.05) is 0 Å². The normalized spacial score (nSPS) is 30.7. The van der Waals surface area contributed by atoms with Crippen molar-refractivity contribution in [1.82, 2.24) is 9.80 Å². The van der Waals surface area contributed by atoms with Crippen molar-refractivity contribution in [1.29, 1.82) is 0 Å². The first-order chi connectivity index (χ1) is 14.3. The Labute approximate surface area is 178 Å². The van der Waals surface area contributed by atoms with Crippen LogP contribution in [0.15, 0.2) is 12.1 Å². The van der Waals surface area contributed by atoms with Crippen molar-refractivity contribution in [3.63, 3.8) is 0 Å². The Bertz CT molecular complexity index is 936. The number of carbonyl (C=O) groups is 4. The summed E-state index contributed by atoms with van der Waals surface area (Å²) in [5, 5.41) is 20.6. The zero-order valence-electron chi connectivity index (χ0n) is 15.3. The molecule has 4 unspecified atom stereocenters. The topological polar surface area (TPSA) is 134 Å². The van der Waals surface area contributed by atoms with Crippen molar-refractivity contribution in [3.05, 3.63) is 34.4 Å². The first kappa shape index (κ1) is 19.8. The second kappa shape index (κ2) is 7.24. The number of carbonyl (C=O) groups excluding carboxylic acids is 4. The molecule has 4 aliphatic heterocycles. The maximum absolute atomic E-state index is 12.8. The summed E-state index contributed by atoms with van der Waals surface area (Å²) in [5.74, 6) is -0.296. The number of fused-ring (bicyclic) bond motifs is 2. The zero-order valence-corrected chi connectivity index (χ0v) is 17.0. The van der Waals surface area contributed by atoms with Gasteiger partial charge in [-0.25, -0.2) is 14.5 Å². The van der Waals surface area contributed by atoms with Crippen LogP contribution in [0.2, 0.25) is 0 Å². The van der Waals surface area contributed by atoms with E-state index in [2.05, 4.69) is 0 Å². The van der Waals surface area contributed by atoms with E-state index in [-0.39, 0.29) is 24.2 Å². The van der Waals surface area contributed by atoms with Crippen LogP contribution in [0.5, 0.6) is 0 Å². The van der Waals surface area contributed by atoms with Crippen LogP contribution in [0, 0.1) is 0 Å². The van der Waals surface area contributed by atoms with E-state index < -0.39 is 47.1 Å². The van der Waals surface area contributed by atoms with Gasteiger partial charge >= 0.3 is 10.6 Å². The second-order valence-electron chi connectivity index (χ2n) is 7.29. The fourth-order valence-electron chi connectivity index (χ4n) is 4.02. The number of nitrogens with zero attached hydrogens (tertiary/aromatic N) is 2. The lowest BCUT2D eigenvalue weighted by atomic mass is 10.0. The minimum Gasteiger partial charge on any atom is -0.452 e. The van der Waals surface area contributed by atoms with Crippen molar-refractivity contribution in [2.45, 2.75) is 24.7 Å². The summed E-state index contributed by atoms with van der Waals surface area (Å²) < 4.78 is 10.2. The molecule has 2 amide bonds. The molecule has 0 aromatic heterocycles. The standard InChI is InChI=1S/C18H16N2O8S2/c21-13-9-1-10-12(16(24)20(14(10)22)4-8-6-30-18(26)28-8)2-11(9)15(23)19(13)3-7-5-29-17(25)27-7/h1-2,7-8,13,15,21,23H,3-6H2. The average Bonchev–Trinajstić information content (AvgIpc) is 3.43. The van der Waals surface area contributed by atoms with E-state index in [1.807, 2.05) is 0 Å². The van der Waals surface area contributed by atoms with Crippen LogP contribution in [0.25, 0.3) is 0 Å². The molecule has 1 aromatic carbocycles. The Kier molecular flexibility index (Phi) is 4.78. The van der Waals surface area contributed by atoms with Gasteiger partial charge in [0.05, 0.1) is 17.7 Å². The van der Waals surface area contributed by atoms with E-state index >= 15 is 0 Å². The quantitative estimate of drug-likeness (QED) is 0.502. The molecule has 4 heterocycles. The highest BCUT2D eigenvalue weighted by Crippen LogP contribution is 2.42. The van der Waals surface area contributed by atoms with Crippen molar-refractivity contribution < 1.29 is 38.9 Å². The second-order valence-corrected chi connectivity index (χ2v) is 9.20. The van der Waals surface area contributed by atoms with Crippen molar-refractivity contribution in [3.8, 4) is 0 Å². The summed E-state index contributed by atoms with van der Waals surface area (Å²) in [4.78, 5) is 50.5. The highest BCUT2D eigenvalue weighted by Gasteiger charge is 2.45. The van der Waals surface area contributed by atoms with E-state index in [0.29, 0.717) is 22.6 Å². The summed E-state index contributed by atoms with van der Waals surface area (Å²) in [6.45, 7) is 0.0663. The molecule has 2 fully saturated rings. The van der Waals surface area contributed by atoms with Crippen molar-refractivity contribution in [2.24, 2.45) is 0 Å². The molecule has 0 saturated carbocycles. The Morgan fingerprint density at radius 2 is 1.30 bits per heavy atom. The smallest absolute Gasteiger partial charge is 0.367 e. The lowest BCUT2D eigenvalue weighted by Gasteiger charge is -2.26. The Morgan fingerprint density at radius 3 is 1.73 bits per heavy atom. The number of aliphatic hydroxyl groups excluding tert-OH is 2. The number of hydrogen-bond donors (Lipinski definition) is 2. The summed E-state index contributed by atoms with van der Waals surface area (Å²) in [6.07, 6.45) is -3.46. The number of amides is 2. The van der Waals surface area contributed by atoms with Gasteiger partial charge in [0.2, 0.25) is 0 Å². The Balaban J connectivity index is 1.38. The van der Waals surface area contributed by atoms with E-state index in [4.69, 9.17) is 9.47 Å². The predicted octanol–water partition coefficient (Wildman–Crippen LogP) is 1.08. The molecule has 12 heteroatoms. The van der Waals surface area contributed by atoms with Gasteiger partial charge in [0.25, 0.3) is 11.8 Å². The summed E-state index contributed by atoms with van der Waals surface area (Å²) >= 11 is 2.02. The number of hydrogen-bond acceptors (Lipinski definition) is 11. The molecule has 2 N–H and O–H groups in total. The fourth-order valence-corrected chi connectivity index (χ4v) is 5.42. The molecule has 1 aromatic rings. The van der Waals surface area contributed by atoms with Gasteiger partial charge in [-0.2, -0.15) is 0 Å². The maximum atomic E-state index is 12.8. The minimum absolute atomic E-state index is 0.0439. The zero-order chi connectivity index (χ0) is 21.2. The molecular formula is C18H16N2O8S2. The number of ether oxygens (including phenoxy) is 2. The first-order valence-electron chi connectivity index (χ1n) is 9.16. The molecule has 0 bridgehead atoms. The molecule has 0 radical (unpaired) electrons. The predicted molar refractivity (Wildman–Crippen MR) is 104 cm³/mol. The number of thioether (sulfide) groups is 2. The lowest BCUT2D eigenvalue weighted by molar-refractivity contribution is -0.0976. The maximum Gasteiger partial charge on any atom is 0.367 e. The molecule has 4 aliphatic rings. The third kappa shape index (κ3) is 3.10. The number of benzene rings is 1. The van der Waals surface area contributed by atoms with Gasteiger partial charge in [-0.15, -0.1) is 0 Å².